The molecule has 0 spiro atoms. The Kier molecular flexibility index (Phi) is 6.82. The van der Waals surface area contributed by atoms with Gasteiger partial charge >= 0.3 is 5.63 Å². The van der Waals surface area contributed by atoms with Gasteiger partial charge in [-0.15, -0.1) is 0 Å². The van der Waals surface area contributed by atoms with E-state index in [9.17, 15) is 14.4 Å². The van der Waals surface area contributed by atoms with E-state index < -0.39 is 11.7 Å². The summed E-state index contributed by atoms with van der Waals surface area (Å²) >= 11 is 0. The van der Waals surface area contributed by atoms with Crippen molar-refractivity contribution in [2.24, 2.45) is 0 Å². The van der Waals surface area contributed by atoms with Crippen molar-refractivity contribution in [2.75, 3.05) is 23.1 Å². The summed E-state index contributed by atoms with van der Waals surface area (Å²) in [6.45, 7) is 3.57. The number of amides is 2. The van der Waals surface area contributed by atoms with Crippen LogP contribution in [0.5, 0.6) is 5.75 Å². The fraction of sp³-hybridized carbons (Fsp3) is 0.148. The highest BCUT2D eigenvalue weighted by Gasteiger charge is 2.15. The number of aryl methyl sites for hydroxylation is 1. The molecule has 3 N–H and O–H groups in total. The van der Waals surface area contributed by atoms with Crippen molar-refractivity contribution in [1.29, 1.82) is 0 Å². The molecule has 0 bridgehead atoms. The number of carbonyl (C=O) groups is 2. The quantitative estimate of drug-likeness (QED) is 0.334. The van der Waals surface area contributed by atoms with Gasteiger partial charge in [-0.05, 0) is 67.9 Å². The summed E-state index contributed by atoms with van der Waals surface area (Å²) in [6.07, 6.45) is 0. The number of benzene rings is 3. The van der Waals surface area contributed by atoms with E-state index in [0.717, 1.165) is 10.9 Å². The van der Waals surface area contributed by atoms with E-state index in [1.807, 2.05) is 25.1 Å². The largest absolute Gasteiger partial charge is 0.495 e. The molecule has 0 saturated carbocycles. The molecule has 4 rings (SSSR count). The highest BCUT2D eigenvalue weighted by Crippen LogP contribution is 2.24. The molecule has 1 heterocycles. The number of ether oxygens (including phenoxy) is 1. The minimum absolute atomic E-state index is 0.262. The van der Waals surface area contributed by atoms with Crippen LogP contribution in [0.3, 0.4) is 0 Å². The monoisotopic (exact) mass is 471 g/mol. The summed E-state index contributed by atoms with van der Waals surface area (Å²) in [7, 11) is 1.54. The van der Waals surface area contributed by atoms with Crippen molar-refractivity contribution >= 4 is 39.8 Å². The topological polar surface area (TPSA) is 110 Å². The van der Waals surface area contributed by atoms with E-state index in [4.69, 9.17) is 9.15 Å². The average Bonchev–Trinajstić information content (AvgIpc) is 2.84. The highest BCUT2D eigenvalue weighted by atomic mass is 16.5. The van der Waals surface area contributed by atoms with Crippen LogP contribution in [0.2, 0.25) is 0 Å². The maximum Gasteiger partial charge on any atom is 0.336 e. The number of nitrogens with one attached hydrogen (secondary N) is 3. The predicted octanol–water partition coefficient (Wildman–Crippen LogP) is 4.80. The van der Waals surface area contributed by atoms with Crippen LogP contribution >= 0.6 is 0 Å². The van der Waals surface area contributed by atoms with Crippen molar-refractivity contribution in [3.8, 4) is 5.75 Å². The first-order valence-corrected chi connectivity index (χ1v) is 11.0. The Balaban J connectivity index is 1.38. The SMILES string of the molecule is COc1ccccc1NC(=O)c1ccc(NC(=O)C(C)Nc2ccc3c(C)cc(=O)oc3c2)cc1. The van der Waals surface area contributed by atoms with Crippen molar-refractivity contribution < 1.29 is 18.7 Å². The molecule has 35 heavy (non-hydrogen) atoms. The molecule has 8 nitrogen and oxygen atoms in total. The van der Waals surface area contributed by atoms with Gasteiger partial charge in [-0.3, -0.25) is 9.59 Å². The first kappa shape index (κ1) is 23.6. The van der Waals surface area contributed by atoms with E-state index in [-0.39, 0.29) is 11.8 Å². The number of carbonyl (C=O) groups excluding carboxylic acids is 2. The van der Waals surface area contributed by atoms with E-state index in [2.05, 4.69) is 16.0 Å². The number of rotatable bonds is 7. The van der Waals surface area contributed by atoms with Crippen LogP contribution in [0.15, 0.2) is 82.0 Å². The minimum Gasteiger partial charge on any atom is -0.495 e. The van der Waals surface area contributed by atoms with Crippen LogP contribution in [0.1, 0.15) is 22.8 Å². The van der Waals surface area contributed by atoms with Gasteiger partial charge in [0.1, 0.15) is 17.4 Å². The smallest absolute Gasteiger partial charge is 0.336 e. The normalized spacial score (nSPS) is 11.5. The third-order valence-electron chi connectivity index (χ3n) is 5.50. The Hall–Kier alpha value is -4.59. The van der Waals surface area contributed by atoms with Crippen LogP contribution in [-0.2, 0) is 4.79 Å². The summed E-state index contributed by atoms with van der Waals surface area (Å²) in [4.78, 5) is 36.9. The van der Waals surface area contributed by atoms with Crippen molar-refractivity contribution in [1.82, 2.24) is 0 Å². The molecule has 2 amide bonds. The van der Waals surface area contributed by atoms with Crippen molar-refractivity contribution in [3.63, 3.8) is 0 Å². The molecule has 0 saturated heterocycles. The number of methoxy groups -OCH3 is 1. The first-order valence-electron chi connectivity index (χ1n) is 11.0. The summed E-state index contributed by atoms with van der Waals surface area (Å²) in [5.41, 5.74) is 3.07. The summed E-state index contributed by atoms with van der Waals surface area (Å²) in [6, 6.07) is 20.0. The molecule has 3 aromatic carbocycles. The average molecular weight is 472 g/mol. The molecule has 1 atom stereocenters. The van der Waals surface area contributed by atoms with Gasteiger partial charge in [-0.2, -0.15) is 0 Å². The van der Waals surface area contributed by atoms with Crippen molar-refractivity contribution in [2.45, 2.75) is 19.9 Å². The maximum absolute atomic E-state index is 12.7. The second-order valence-electron chi connectivity index (χ2n) is 8.05. The summed E-state index contributed by atoms with van der Waals surface area (Å²) in [5.74, 6) is 0.0116. The zero-order valence-electron chi connectivity index (χ0n) is 19.5. The van der Waals surface area contributed by atoms with Gasteiger partial charge in [0.15, 0.2) is 0 Å². The molecule has 0 fully saturated rings. The van der Waals surface area contributed by atoms with Gasteiger partial charge in [0.05, 0.1) is 12.8 Å². The van der Waals surface area contributed by atoms with E-state index >= 15 is 0 Å². The Morgan fingerprint density at radius 2 is 1.63 bits per heavy atom. The molecule has 1 aromatic heterocycles. The Morgan fingerprint density at radius 3 is 2.37 bits per heavy atom. The fourth-order valence-corrected chi connectivity index (χ4v) is 3.63. The second kappa shape index (κ2) is 10.1. The zero-order chi connectivity index (χ0) is 24.9. The van der Waals surface area contributed by atoms with Crippen LogP contribution in [0.4, 0.5) is 17.1 Å². The minimum atomic E-state index is -0.572. The van der Waals surface area contributed by atoms with Crippen molar-refractivity contribution in [3.05, 3.63) is 94.3 Å². The Morgan fingerprint density at radius 1 is 0.914 bits per heavy atom. The standard InChI is InChI=1S/C27H25N3O5/c1-16-14-25(31)35-24-15-20(12-13-21(16)24)28-17(2)26(32)29-19-10-8-18(9-11-19)27(33)30-22-6-4-5-7-23(22)34-3/h4-15,17,28H,1-3H3,(H,29,32)(H,30,33). The molecular weight excluding hydrogens is 446 g/mol. The summed E-state index contributed by atoms with van der Waals surface area (Å²) < 4.78 is 10.5. The maximum atomic E-state index is 12.7. The predicted molar refractivity (Wildman–Crippen MR) is 136 cm³/mol. The molecule has 0 aliphatic carbocycles. The number of para-hydroxylation sites is 2. The lowest BCUT2D eigenvalue weighted by Gasteiger charge is -2.16. The molecule has 0 aliphatic heterocycles. The highest BCUT2D eigenvalue weighted by molar-refractivity contribution is 6.05. The van der Waals surface area contributed by atoms with Gasteiger partial charge < -0.3 is 25.1 Å². The number of hydrogen-bond acceptors (Lipinski definition) is 6. The van der Waals surface area contributed by atoms with Crippen LogP contribution in [0.25, 0.3) is 11.0 Å². The lowest BCUT2D eigenvalue weighted by Crippen LogP contribution is -2.31. The first-order chi connectivity index (χ1) is 16.8. The van der Waals surface area contributed by atoms with E-state index in [1.165, 1.54) is 13.2 Å². The number of fused-ring (bicyclic) bond motifs is 1. The number of anilines is 3. The van der Waals surface area contributed by atoms with Gasteiger partial charge in [-0.25, -0.2) is 4.79 Å². The van der Waals surface area contributed by atoms with E-state index in [1.54, 1.807) is 55.5 Å². The van der Waals surface area contributed by atoms with Crippen LogP contribution in [-0.4, -0.2) is 25.0 Å². The molecule has 0 aliphatic rings. The fourth-order valence-electron chi connectivity index (χ4n) is 3.63. The molecule has 1 unspecified atom stereocenters. The summed E-state index contributed by atoms with van der Waals surface area (Å²) in [5, 5.41) is 9.59. The van der Waals surface area contributed by atoms with Gasteiger partial charge in [0, 0.05) is 34.5 Å². The zero-order valence-corrected chi connectivity index (χ0v) is 19.5. The Labute approximate surface area is 201 Å². The lowest BCUT2D eigenvalue weighted by molar-refractivity contribution is -0.116. The molecule has 8 heteroatoms. The number of hydrogen-bond donors (Lipinski definition) is 3. The molecule has 4 aromatic rings. The Bertz CT molecular complexity index is 1440. The molecule has 178 valence electrons. The van der Waals surface area contributed by atoms with Gasteiger partial charge in [0.2, 0.25) is 5.91 Å². The lowest BCUT2D eigenvalue weighted by atomic mass is 10.1. The van der Waals surface area contributed by atoms with Gasteiger partial charge in [0.25, 0.3) is 5.91 Å². The second-order valence-corrected chi connectivity index (χ2v) is 8.05. The molecular formula is C27H25N3O5. The third kappa shape index (κ3) is 5.50. The van der Waals surface area contributed by atoms with Gasteiger partial charge in [-0.1, -0.05) is 12.1 Å². The van der Waals surface area contributed by atoms with E-state index in [0.29, 0.717) is 34.0 Å². The third-order valence-corrected chi connectivity index (χ3v) is 5.50. The molecule has 0 radical (unpaired) electrons. The van der Waals surface area contributed by atoms with Crippen LogP contribution < -0.4 is 26.3 Å². The van der Waals surface area contributed by atoms with Crippen LogP contribution in [0, 0.1) is 6.92 Å².